The number of hydrogen-bond acceptors (Lipinski definition) is 5. The molecule has 19 heavy (non-hydrogen) atoms. The van der Waals surface area contributed by atoms with Gasteiger partial charge in [-0.1, -0.05) is 30.3 Å². The summed E-state index contributed by atoms with van der Waals surface area (Å²) in [5.41, 5.74) is 1.17. The van der Waals surface area contributed by atoms with Gasteiger partial charge in [0.15, 0.2) is 0 Å². The molecule has 0 bridgehead atoms. The molecule has 1 aromatic rings. The van der Waals surface area contributed by atoms with Crippen LogP contribution in [-0.4, -0.2) is 24.7 Å². The predicted octanol–water partition coefficient (Wildman–Crippen LogP) is 3.61. The number of benzene rings is 1. The van der Waals surface area contributed by atoms with E-state index in [-0.39, 0.29) is 15.9 Å². The summed E-state index contributed by atoms with van der Waals surface area (Å²) in [6.45, 7) is 4.12. The van der Waals surface area contributed by atoms with Gasteiger partial charge in [0, 0.05) is 19.0 Å². The topological polar surface area (TPSA) is 47.6 Å². The van der Waals surface area contributed by atoms with Crippen LogP contribution in [0.25, 0.3) is 0 Å². The Morgan fingerprint density at radius 3 is 2.32 bits per heavy atom. The second kappa shape index (κ2) is 5.58. The van der Waals surface area contributed by atoms with Gasteiger partial charge in [-0.25, -0.2) is 0 Å². The first-order valence-electron chi connectivity index (χ1n) is 6.13. The van der Waals surface area contributed by atoms with Gasteiger partial charge in [-0.3, -0.25) is 9.88 Å². The summed E-state index contributed by atoms with van der Waals surface area (Å²) >= 11 is 1.74. The van der Waals surface area contributed by atoms with E-state index in [2.05, 4.69) is 31.3 Å². The van der Waals surface area contributed by atoms with E-state index in [0.717, 1.165) is 0 Å². The molecule has 2 rings (SSSR count). The molecule has 6 heteroatoms. The maximum Gasteiger partial charge on any atom is 0.348 e. The van der Waals surface area contributed by atoms with Crippen molar-refractivity contribution in [3.8, 4) is 0 Å². The molecular formula is C13H20NO3PS. The molecule has 1 aromatic carbocycles. The van der Waals surface area contributed by atoms with E-state index in [9.17, 15) is 4.57 Å². The minimum Gasteiger partial charge on any atom is -0.311 e. The summed E-state index contributed by atoms with van der Waals surface area (Å²) in [5.74, 6) is -0.329. The zero-order chi connectivity index (χ0) is 14.1. The maximum atomic E-state index is 12.6. The van der Waals surface area contributed by atoms with Crippen LogP contribution in [0.1, 0.15) is 24.8 Å². The fourth-order valence-corrected chi connectivity index (χ4v) is 5.93. The van der Waals surface area contributed by atoms with Crippen molar-refractivity contribution in [2.24, 2.45) is 0 Å². The van der Waals surface area contributed by atoms with Crippen molar-refractivity contribution >= 4 is 19.4 Å². The van der Waals surface area contributed by atoms with Crippen LogP contribution in [0.5, 0.6) is 0 Å². The van der Waals surface area contributed by atoms with Crippen LogP contribution in [0, 0.1) is 0 Å². The third kappa shape index (κ3) is 2.91. The number of nitrogens with one attached hydrogen (secondary N) is 1. The van der Waals surface area contributed by atoms with Gasteiger partial charge in [-0.05, 0) is 19.4 Å². The Balaban J connectivity index is 2.27. The van der Waals surface area contributed by atoms with Gasteiger partial charge in [-0.2, -0.15) is 0 Å². The summed E-state index contributed by atoms with van der Waals surface area (Å²) in [6, 6.07) is 10.1. The van der Waals surface area contributed by atoms with Gasteiger partial charge in [0.2, 0.25) is 0 Å². The number of thioether (sulfide) groups is 1. The first-order chi connectivity index (χ1) is 8.93. The maximum absolute atomic E-state index is 12.6. The Hall–Kier alpha value is -0.320. The molecule has 106 valence electrons. The molecule has 0 unspecified atom stereocenters. The highest BCUT2D eigenvalue weighted by molar-refractivity contribution is 8.01. The van der Waals surface area contributed by atoms with Crippen molar-refractivity contribution in [2.45, 2.75) is 29.8 Å². The average molecular weight is 301 g/mol. The Morgan fingerprint density at radius 1 is 1.21 bits per heavy atom. The van der Waals surface area contributed by atoms with E-state index in [1.165, 1.54) is 19.8 Å². The fourth-order valence-electron chi connectivity index (χ4n) is 2.30. The third-order valence-corrected chi connectivity index (χ3v) is 7.42. The van der Waals surface area contributed by atoms with Crippen LogP contribution in [0.15, 0.2) is 30.3 Å². The predicted molar refractivity (Wildman–Crippen MR) is 79.4 cm³/mol. The first kappa shape index (κ1) is 15.1. The van der Waals surface area contributed by atoms with E-state index in [1.54, 1.807) is 11.8 Å². The highest BCUT2D eigenvalue weighted by Crippen LogP contribution is 2.62. The van der Waals surface area contributed by atoms with E-state index < -0.39 is 7.60 Å². The van der Waals surface area contributed by atoms with E-state index in [1.807, 2.05) is 18.2 Å². The molecule has 0 spiro atoms. The lowest BCUT2D eigenvalue weighted by Gasteiger charge is -2.29. The van der Waals surface area contributed by atoms with Gasteiger partial charge in [0.25, 0.3) is 0 Å². The van der Waals surface area contributed by atoms with Crippen LogP contribution < -0.4 is 5.32 Å². The average Bonchev–Trinajstić information content (AvgIpc) is 2.75. The van der Waals surface area contributed by atoms with Crippen molar-refractivity contribution in [3.05, 3.63) is 35.9 Å². The molecule has 0 saturated carbocycles. The summed E-state index contributed by atoms with van der Waals surface area (Å²) < 4.78 is 22.7. The molecule has 1 heterocycles. The van der Waals surface area contributed by atoms with Crippen LogP contribution in [0.4, 0.5) is 0 Å². The van der Waals surface area contributed by atoms with Crippen LogP contribution in [0.2, 0.25) is 0 Å². The highest BCUT2D eigenvalue weighted by atomic mass is 32.2. The summed E-state index contributed by atoms with van der Waals surface area (Å²) in [4.78, 5) is 0. The fraction of sp³-hybridized carbons (Fsp3) is 0.538. The summed E-state index contributed by atoms with van der Waals surface area (Å²) in [5, 5.41) is 3.49. The number of rotatable bonds is 4. The Bertz CT molecular complexity index is 472. The number of hydrogen-bond donors (Lipinski definition) is 1. The standard InChI is InChI=1S/C13H20NO3PS/c1-13(2)12(18(15,16-3)17-4)14-11(19-13)10-8-6-5-7-9-10/h5-9,11-12,14H,1-4H3/t11-,12-/m0/s1. The van der Waals surface area contributed by atoms with Crippen LogP contribution >= 0.6 is 19.4 Å². The lowest BCUT2D eigenvalue weighted by Crippen LogP contribution is -2.37. The molecule has 1 saturated heterocycles. The van der Waals surface area contributed by atoms with Gasteiger partial charge < -0.3 is 9.05 Å². The second-order valence-corrected chi connectivity index (χ2v) is 9.07. The van der Waals surface area contributed by atoms with Crippen LogP contribution in [0.3, 0.4) is 0 Å². The molecule has 1 fully saturated rings. The highest BCUT2D eigenvalue weighted by Gasteiger charge is 2.52. The van der Waals surface area contributed by atoms with Crippen molar-refractivity contribution < 1.29 is 13.6 Å². The van der Waals surface area contributed by atoms with E-state index in [4.69, 9.17) is 9.05 Å². The molecule has 1 aliphatic rings. The summed E-state index contributed by atoms with van der Waals surface area (Å²) in [7, 11) is -0.274. The summed E-state index contributed by atoms with van der Waals surface area (Å²) in [6.07, 6.45) is 0. The van der Waals surface area contributed by atoms with Gasteiger partial charge >= 0.3 is 7.60 Å². The molecule has 1 aliphatic heterocycles. The molecule has 1 N–H and O–H groups in total. The molecule has 0 aromatic heterocycles. The molecule has 0 amide bonds. The molecule has 2 atom stereocenters. The van der Waals surface area contributed by atoms with Crippen molar-refractivity contribution in [3.63, 3.8) is 0 Å². The normalized spacial score (nSPS) is 26.5. The van der Waals surface area contributed by atoms with Gasteiger partial charge in [-0.15, -0.1) is 11.8 Å². The minimum atomic E-state index is -3.14. The van der Waals surface area contributed by atoms with E-state index in [0.29, 0.717) is 0 Å². The zero-order valence-corrected chi connectivity index (χ0v) is 13.3. The quantitative estimate of drug-likeness (QED) is 0.861. The van der Waals surface area contributed by atoms with Crippen molar-refractivity contribution in [2.75, 3.05) is 14.2 Å². The molecule has 4 nitrogen and oxygen atoms in total. The lowest BCUT2D eigenvalue weighted by molar-refractivity contribution is 0.254. The molecule has 0 radical (unpaired) electrons. The Morgan fingerprint density at radius 2 is 1.79 bits per heavy atom. The van der Waals surface area contributed by atoms with Crippen LogP contribution in [-0.2, 0) is 13.6 Å². The minimum absolute atomic E-state index is 0.0971. The van der Waals surface area contributed by atoms with Gasteiger partial charge in [0.05, 0.1) is 5.37 Å². The van der Waals surface area contributed by atoms with E-state index >= 15 is 0 Å². The Labute approximate surface area is 118 Å². The van der Waals surface area contributed by atoms with Gasteiger partial charge in [0.1, 0.15) is 5.78 Å². The Kier molecular flexibility index (Phi) is 4.43. The molecular weight excluding hydrogens is 281 g/mol. The third-order valence-electron chi connectivity index (χ3n) is 3.32. The monoisotopic (exact) mass is 301 g/mol. The van der Waals surface area contributed by atoms with Crippen molar-refractivity contribution in [1.29, 1.82) is 0 Å². The zero-order valence-electron chi connectivity index (χ0n) is 11.6. The SMILES string of the molecule is COP(=O)(OC)[C@@H]1N[C@H](c2ccccc2)SC1(C)C. The molecule has 0 aliphatic carbocycles. The lowest BCUT2D eigenvalue weighted by atomic mass is 10.2. The largest absolute Gasteiger partial charge is 0.348 e. The van der Waals surface area contributed by atoms with Crippen molar-refractivity contribution in [1.82, 2.24) is 5.32 Å². The second-order valence-electron chi connectivity index (χ2n) is 4.99. The smallest absolute Gasteiger partial charge is 0.311 e. The first-order valence-corrected chi connectivity index (χ1v) is 8.62.